The Morgan fingerprint density at radius 2 is 2.12 bits per heavy atom. The maximum atomic E-state index is 12.3. The van der Waals surface area contributed by atoms with E-state index in [0.717, 1.165) is 30.5 Å². The second kappa shape index (κ2) is 5.17. The van der Waals surface area contributed by atoms with Crippen molar-refractivity contribution >= 4 is 5.91 Å². The zero-order valence-electron chi connectivity index (χ0n) is 10.5. The van der Waals surface area contributed by atoms with Crippen molar-refractivity contribution in [3.63, 3.8) is 0 Å². The van der Waals surface area contributed by atoms with Gasteiger partial charge in [0.05, 0.1) is 6.04 Å². The number of fused-ring (bicyclic) bond motifs is 1. The van der Waals surface area contributed by atoms with Crippen LogP contribution in [0.5, 0.6) is 0 Å². The van der Waals surface area contributed by atoms with Gasteiger partial charge in [-0.25, -0.2) is 0 Å². The van der Waals surface area contributed by atoms with Crippen molar-refractivity contribution in [2.45, 2.75) is 32.7 Å². The van der Waals surface area contributed by atoms with E-state index in [2.05, 4.69) is 19.1 Å². The Hall–Kier alpha value is -1.57. The smallest absolute Gasteiger partial charge is 0.254 e. The first-order chi connectivity index (χ1) is 8.29. The Bertz CT molecular complexity index is 436. The first kappa shape index (κ1) is 11.9. The molecule has 0 bridgehead atoms. The predicted octanol–water partition coefficient (Wildman–Crippen LogP) is 3.56. The summed E-state index contributed by atoms with van der Waals surface area (Å²) in [7, 11) is 0. The summed E-state index contributed by atoms with van der Waals surface area (Å²) < 4.78 is 0. The van der Waals surface area contributed by atoms with Crippen LogP contribution >= 0.6 is 0 Å². The van der Waals surface area contributed by atoms with Crippen LogP contribution in [0.2, 0.25) is 0 Å². The van der Waals surface area contributed by atoms with E-state index < -0.39 is 0 Å². The van der Waals surface area contributed by atoms with Gasteiger partial charge in [-0.3, -0.25) is 4.79 Å². The van der Waals surface area contributed by atoms with Crippen molar-refractivity contribution in [3.05, 3.63) is 47.5 Å². The average molecular weight is 229 g/mol. The summed E-state index contributed by atoms with van der Waals surface area (Å²) in [5, 5.41) is 0. The van der Waals surface area contributed by atoms with Crippen molar-refractivity contribution in [1.29, 1.82) is 0 Å². The number of amides is 1. The van der Waals surface area contributed by atoms with Gasteiger partial charge < -0.3 is 4.90 Å². The van der Waals surface area contributed by atoms with Gasteiger partial charge in [-0.1, -0.05) is 43.7 Å². The van der Waals surface area contributed by atoms with Gasteiger partial charge >= 0.3 is 0 Å². The highest BCUT2D eigenvalue weighted by atomic mass is 16.2. The maximum Gasteiger partial charge on any atom is 0.254 e. The quantitative estimate of drug-likeness (QED) is 0.723. The average Bonchev–Trinajstić information content (AvgIpc) is 2.62. The summed E-state index contributed by atoms with van der Waals surface area (Å²) in [6.07, 6.45) is 6.31. The minimum atomic E-state index is 0.134. The first-order valence-electron chi connectivity index (χ1n) is 6.32. The fourth-order valence-electron chi connectivity index (χ4n) is 2.36. The molecule has 0 saturated carbocycles. The normalized spacial score (nSPS) is 19.1. The molecule has 0 spiro atoms. The molecule has 2 nitrogen and oxygen atoms in total. The number of unbranched alkanes of at least 4 members (excludes halogenated alkanes) is 1. The molecule has 1 atom stereocenters. The molecule has 1 aliphatic heterocycles. The molecule has 0 N–H and O–H groups in total. The third-order valence-corrected chi connectivity index (χ3v) is 3.23. The molecular weight excluding hydrogens is 210 g/mol. The minimum Gasteiger partial charge on any atom is -0.328 e. The molecule has 90 valence electrons. The first-order valence-corrected chi connectivity index (χ1v) is 6.32. The Balaban J connectivity index is 2.33. The molecular formula is C15H19NO. The predicted molar refractivity (Wildman–Crippen MR) is 69.9 cm³/mol. The molecule has 1 unspecified atom stereocenters. The zero-order valence-corrected chi connectivity index (χ0v) is 10.5. The van der Waals surface area contributed by atoms with Crippen molar-refractivity contribution in [2.75, 3.05) is 6.54 Å². The lowest BCUT2D eigenvalue weighted by molar-refractivity contribution is 0.0751. The highest BCUT2D eigenvalue weighted by Gasteiger charge is 2.33. The van der Waals surface area contributed by atoms with E-state index in [1.807, 2.05) is 36.1 Å². The van der Waals surface area contributed by atoms with Crippen LogP contribution in [0.15, 0.2) is 36.4 Å². The fourth-order valence-corrected chi connectivity index (χ4v) is 2.36. The Morgan fingerprint density at radius 3 is 2.82 bits per heavy atom. The van der Waals surface area contributed by atoms with Crippen molar-refractivity contribution < 1.29 is 4.79 Å². The molecule has 0 radical (unpaired) electrons. The number of hydrogen-bond donors (Lipinski definition) is 0. The molecule has 0 saturated heterocycles. The Labute approximate surface area is 103 Å². The highest BCUT2D eigenvalue weighted by Crippen LogP contribution is 2.34. The van der Waals surface area contributed by atoms with Crippen LogP contribution in [0.1, 0.15) is 48.7 Å². The van der Waals surface area contributed by atoms with Crippen LogP contribution in [0.3, 0.4) is 0 Å². The van der Waals surface area contributed by atoms with Gasteiger partial charge in [0.15, 0.2) is 0 Å². The third-order valence-electron chi connectivity index (χ3n) is 3.23. The summed E-state index contributed by atoms with van der Waals surface area (Å²) in [6.45, 7) is 5.00. The van der Waals surface area contributed by atoms with Gasteiger partial charge in [0, 0.05) is 12.1 Å². The van der Waals surface area contributed by atoms with Gasteiger partial charge in [0.25, 0.3) is 5.91 Å². The van der Waals surface area contributed by atoms with E-state index in [-0.39, 0.29) is 11.9 Å². The molecule has 1 amide bonds. The second-order valence-electron chi connectivity index (χ2n) is 4.41. The van der Waals surface area contributed by atoms with Gasteiger partial charge in [-0.05, 0) is 25.0 Å². The largest absolute Gasteiger partial charge is 0.328 e. The van der Waals surface area contributed by atoms with Crippen LogP contribution < -0.4 is 0 Å². The standard InChI is InChI=1S/C15H19NO/c1-3-5-11-16-14(8-4-2)12-9-6-7-10-13(12)15(16)17/h4,6-10,14H,3,5,11H2,1-2H3/b8-4+. The number of benzene rings is 1. The number of carbonyl (C=O) groups excluding carboxylic acids is 1. The molecule has 0 aliphatic carbocycles. The van der Waals surface area contributed by atoms with E-state index >= 15 is 0 Å². The summed E-state index contributed by atoms with van der Waals surface area (Å²) in [6, 6.07) is 8.07. The molecule has 1 aliphatic rings. The van der Waals surface area contributed by atoms with E-state index in [9.17, 15) is 4.79 Å². The SMILES string of the molecule is C/C=C/C1c2ccccc2C(=O)N1CCCC. The number of nitrogens with zero attached hydrogens (tertiary/aromatic N) is 1. The summed E-state index contributed by atoms with van der Waals surface area (Å²) in [5.41, 5.74) is 2.01. The molecule has 1 aromatic carbocycles. The Kier molecular flexibility index (Phi) is 3.62. The minimum absolute atomic E-state index is 0.134. The van der Waals surface area contributed by atoms with Crippen molar-refractivity contribution in [1.82, 2.24) is 4.90 Å². The third kappa shape index (κ3) is 2.12. The molecule has 1 heterocycles. The monoisotopic (exact) mass is 229 g/mol. The molecule has 2 rings (SSSR count). The summed E-state index contributed by atoms with van der Waals surface area (Å²) in [5.74, 6) is 0.178. The molecule has 0 aromatic heterocycles. The second-order valence-corrected chi connectivity index (χ2v) is 4.41. The lowest BCUT2D eigenvalue weighted by Gasteiger charge is -2.22. The number of hydrogen-bond acceptors (Lipinski definition) is 1. The van der Waals surface area contributed by atoms with Crippen LogP contribution in [0.25, 0.3) is 0 Å². The highest BCUT2D eigenvalue weighted by molar-refractivity contribution is 5.99. The van der Waals surface area contributed by atoms with E-state index in [1.54, 1.807) is 0 Å². The molecule has 2 heteroatoms. The summed E-state index contributed by atoms with van der Waals surface area (Å²) in [4.78, 5) is 14.3. The number of allylic oxidation sites excluding steroid dienone is 1. The van der Waals surface area contributed by atoms with E-state index in [1.165, 1.54) is 0 Å². The molecule has 0 fully saturated rings. The lowest BCUT2D eigenvalue weighted by atomic mass is 10.0. The summed E-state index contributed by atoms with van der Waals surface area (Å²) >= 11 is 0. The van der Waals surface area contributed by atoms with Gasteiger partial charge in [0.1, 0.15) is 0 Å². The topological polar surface area (TPSA) is 20.3 Å². The van der Waals surface area contributed by atoms with Gasteiger partial charge in [-0.15, -0.1) is 0 Å². The van der Waals surface area contributed by atoms with E-state index in [0.29, 0.717) is 0 Å². The van der Waals surface area contributed by atoms with Gasteiger partial charge in [-0.2, -0.15) is 0 Å². The number of rotatable bonds is 4. The number of carbonyl (C=O) groups is 1. The van der Waals surface area contributed by atoms with Crippen LogP contribution in [0, 0.1) is 0 Å². The maximum absolute atomic E-state index is 12.3. The van der Waals surface area contributed by atoms with Gasteiger partial charge in [0.2, 0.25) is 0 Å². The van der Waals surface area contributed by atoms with E-state index in [4.69, 9.17) is 0 Å². The fraction of sp³-hybridized carbons (Fsp3) is 0.400. The van der Waals surface area contributed by atoms with Crippen LogP contribution in [0.4, 0.5) is 0 Å². The molecule has 1 aromatic rings. The zero-order chi connectivity index (χ0) is 12.3. The lowest BCUT2D eigenvalue weighted by Crippen LogP contribution is -2.28. The molecule has 17 heavy (non-hydrogen) atoms. The Morgan fingerprint density at radius 1 is 1.35 bits per heavy atom. The van der Waals surface area contributed by atoms with Crippen LogP contribution in [-0.4, -0.2) is 17.4 Å². The van der Waals surface area contributed by atoms with Crippen LogP contribution in [-0.2, 0) is 0 Å². The van der Waals surface area contributed by atoms with Crippen molar-refractivity contribution in [2.24, 2.45) is 0 Å². The van der Waals surface area contributed by atoms with Crippen molar-refractivity contribution in [3.8, 4) is 0 Å².